The number of rotatable bonds is 8. The van der Waals surface area contributed by atoms with Gasteiger partial charge in [-0.25, -0.2) is 18.7 Å². The Morgan fingerprint density at radius 3 is 2.65 bits per heavy atom. The predicted molar refractivity (Wildman–Crippen MR) is 137 cm³/mol. The van der Waals surface area contributed by atoms with Gasteiger partial charge < -0.3 is 25.3 Å². The lowest BCUT2D eigenvalue weighted by molar-refractivity contribution is 0.0589. The van der Waals surface area contributed by atoms with Crippen molar-refractivity contribution < 1.29 is 28.2 Å². The molecule has 0 aliphatic heterocycles. The molecule has 3 N–H and O–H groups in total. The highest BCUT2D eigenvalue weighted by molar-refractivity contribution is 6.29. The van der Waals surface area contributed by atoms with Gasteiger partial charge in [0.2, 0.25) is 0 Å². The molecule has 0 aliphatic carbocycles. The largest absolute Gasteiger partial charge is 0.494 e. The van der Waals surface area contributed by atoms with Crippen molar-refractivity contribution in [2.24, 2.45) is 0 Å². The van der Waals surface area contributed by atoms with Gasteiger partial charge in [0.1, 0.15) is 17.2 Å². The molecule has 3 aromatic rings. The van der Waals surface area contributed by atoms with E-state index in [0.717, 1.165) is 0 Å². The molecule has 1 aromatic carbocycles. The zero-order chi connectivity index (χ0) is 27.5. The van der Waals surface area contributed by atoms with Crippen molar-refractivity contribution in [3.63, 3.8) is 0 Å². The number of amides is 2. The number of ether oxygens (including phenoxy) is 3. The quantitative estimate of drug-likeness (QED) is 0.415. The van der Waals surface area contributed by atoms with Crippen molar-refractivity contribution in [3.05, 3.63) is 46.6 Å². The minimum absolute atomic E-state index is 0.0436. The number of nitrogens with zero attached hydrogens (tertiary/aromatic N) is 4. The topological polar surface area (TPSA) is 133 Å². The second-order valence-corrected chi connectivity index (χ2v) is 9.73. The molecule has 200 valence electrons. The Morgan fingerprint density at radius 1 is 1.30 bits per heavy atom. The number of fused-ring (bicyclic) bond motifs is 1. The highest BCUT2D eigenvalue weighted by atomic mass is 35.5. The number of imidazole rings is 1. The van der Waals surface area contributed by atoms with Crippen LogP contribution in [-0.4, -0.2) is 59.0 Å². The lowest BCUT2D eigenvalue weighted by Gasteiger charge is -2.24. The van der Waals surface area contributed by atoms with Gasteiger partial charge in [-0.3, -0.25) is 9.69 Å². The lowest BCUT2D eigenvalue weighted by atomic mass is 10.2. The van der Waals surface area contributed by atoms with E-state index < -0.39 is 29.5 Å². The number of nitrogen functional groups attached to an aromatic ring is 1. The normalized spacial score (nSPS) is 12.3. The van der Waals surface area contributed by atoms with Crippen molar-refractivity contribution in [3.8, 4) is 5.75 Å². The molecule has 1 atom stereocenters. The third kappa shape index (κ3) is 6.77. The first-order valence-electron chi connectivity index (χ1n) is 11.3. The summed E-state index contributed by atoms with van der Waals surface area (Å²) < 4.78 is 31.4. The average molecular weight is 537 g/mol. The van der Waals surface area contributed by atoms with Crippen LogP contribution in [0.1, 0.15) is 43.7 Å². The molecule has 2 aromatic heterocycles. The molecule has 0 saturated carbocycles. The maximum Gasteiger partial charge on any atom is 0.414 e. The van der Waals surface area contributed by atoms with E-state index >= 15 is 0 Å². The van der Waals surface area contributed by atoms with Crippen LogP contribution in [0.5, 0.6) is 5.75 Å². The fourth-order valence-electron chi connectivity index (χ4n) is 3.35. The fourth-order valence-corrected chi connectivity index (χ4v) is 3.52. The number of hydrogen-bond acceptors (Lipinski definition) is 8. The molecule has 0 fully saturated rings. The number of anilines is 2. The maximum absolute atomic E-state index is 14.2. The Morgan fingerprint density at radius 2 is 2.00 bits per heavy atom. The summed E-state index contributed by atoms with van der Waals surface area (Å²) in [4.78, 5) is 31.0. The SMILES string of the molecule is COc1cc(F)c(COCC(C)NC(=O)c2cnc3c(N(C)C(=O)OC(C)(C)C)cc(Cl)nn23)cc1N. The summed E-state index contributed by atoms with van der Waals surface area (Å²) in [7, 11) is 2.91. The highest BCUT2D eigenvalue weighted by Gasteiger charge is 2.25. The molecule has 13 heteroatoms. The van der Waals surface area contributed by atoms with E-state index in [4.69, 9.17) is 31.5 Å². The van der Waals surface area contributed by atoms with Gasteiger partial charge in [-0.05, 0) is 33.8 Å². The maximum atomic E-state index is 14.2. The summed E-state index contributed by atoms with van der Waals surface area (Å²) in [6.07, 6.45) is 0.704. The number of hydrogen-bond donors (Lipinski definition) is 2. The fraction of sp³-hybridized carbons (Fsp3) is 0.417. The van der Waals surface area contributed by atoms with E-state index in [2.05, 4.69) is 15.4 Å². The second kappa shape index (κ2) is 11.2. The van der Waals surface area contributed by atoms with Crippen LogP contribution in [0.15, 0.2) is 24.4 Å². The first-order chi connectivity index (χ1) is 17.3. The third-order valence-corrected chi connectivity index (χ3v) is 5.27. The van der Waals surface area contributed by atoms with Crippen LogP contribution in [0.3, 0.4) is 0 Å². The Kier molecular flexibility index (Phi) is 8.44. The van der Waals surface area contributed by atoms with Crippen LogP contribution in [0.2, 0.25) is 5.15 Å². The van der Waals surface area contributed by atoms with E-state index in [-0.39, 0.29) is 41.0 Å². The monoisotopic (exact) mass is 536 g/mol. The zero-order valence-corrected chi connectivity index (χ0v) is 22.2. The van der Waals surface area contributed by atoms with Gasteiger partial charge in [0.05, 0.1) is 37.9 Å². The van der Waals surface area contributed by atoms with Crippen LogP contribution >= 0.6 is 11.6 Å². The van der Waals surface area contributed by atoms with Gasteiger partial charge in [-0.2, -0.15) is 5.10 Å². The number of carbonyl (C=O) groups excluding carboxylic acids is 2. The Hall–Kier alpha value is -3.64. The number of carbonyl (C=O) groups is 2. The minimum atomic E-state index is -0.705. The molecule has 0 spiro atoms. The van der Waals surface area contributed by atoms with Gasteiger partial charge in [-0.1, -0.05) is 11.6 Å². The van der Waals surface area contributed by atoms with Crippen molar-refractivity contribution in [1.82, 2.24) is 19.9 Å². The van der Waals surface area contributed by atoms with E-state index in [9.17, 15) is 14.0 Å². The standard InChI is InChI=1S/C24H30ClFN6O5/c1-13(11-36-12-14-7-16(27)19(35-6)8-15(14)26)29-22(33)18-10-28-21-17(9-20(25)30-32(18)21)31(5)23(34)37-24(2,3)4/h7-10,13H,11-12,27H2,1-6H3,(H,29,33). The molecule has 37 heavy (non-hydrogen) atoms. The predicted octanol–water partition coefficient (Wildman–Crippen LogP) is 3.82. The summed E-state index contributed by atoms with van der Waals surface area (Å²) in [6, 6.07) is 3.64. The number of nitrogens with one attached hydrogen (secondary N) is 1. The molecule has 0 saturated heterocycles. The van der Waals surface area contributed by atoms with Gasteiger partial charge in [0.25, 0.3) is 5.91 Å². The van der Waals surface area contributed by atoms with Crippen molar-refractivity contribution >= 4 is 40.6 Å². The van der Waals surface area contributed by atoms with Gasteiger partial charge in [-0.15, -0.1) is 0 Å². The molecule has 0 radical (unpaired) electrons. The summed E-state index contributed by atoms with van der Waals surface area (Å²) >= 11 is 6.18. The second-order valence-electron chi connectivity index (χ2n) is 9.35. The minimum Gasteiger partial charge on any atom is -0.494 e. The Labute approximate surface area is 218 Å². The first kappa shape index (κ1) is 27.9. The van der Waals surface area contributed by atoms with Crippen LogP contribution in [0.25, 0.3) is 5.65 Å². The van der Waals surface area contributed by atoms with E-state index in [1.54, 1.807) is 27.7 Å². The van der Waals surface area contributed by atoms with E-state index in [1.165, 1.54) is 48.0 Å². The number of halogens is 2. The van der Waals surface area contributed by atoms with Gasteiger partial charge >= 0.3 is 6.09 Å². The summed E-state index contributed by atoms with van der Waals surface area (Å²) in [6.45, 7) is 7.02. The third-order valence-electron chi connectivity index (χ3n) is 5.08. The molecule has 2 amide bonds. The molecule has 1 unspecified atom stereocenters. The first-order valence-corrected chi connectivity index (χ1v) is 11.7. The van der Waals surface area contributed by atoms with Crippen LogP contribution < -0.4 is 20.7 Å². The number of aromatic nitrogens is 3. The molecule has 0 bridgehead atoms. The number of benzene rings is 1. The average Bonchev–Trinajstić information content (AvgIpc) is 3.22. The lowest BCUT2D eigenvalue weighted by Crippen LogP contribution is -2.36. The number of methoxy groups -OCH3 is 1. The van der Waals surface area contributed by atoms with Crippen molar-refractivity contribution in [2.75, 3.05) is 31.4 Å². The summed E-state index contributed by atoms with van der Waals surface area (Å²) in [5.41, 5.74) is 6.31. The molecule has 2 heterocycles. The molecule has 11 nitrogen and oxygen atoms in total. The Balaban J connectivity index is 1.69. The van der Waals surface area contributed by atoms with Gasteiger partial charge in [0, 0.05) is 30.8 Å². The van der Waals surface area contributed by atoms with E-state index in [1.807, 2.05) is 0 Å². The van der Waals surface area contributed by atoms with Crippen molar-refractivity contribution in [1.29, 1.82) is 0 Å². The number of nitrogens with two attached hydrogens (primary N) is 1. The summed E-state index contributed by atoms with van der Waals surface area (Å²) in [5, 5.41) is 6.98. The molecular weight excluding hydrogens is 507 g/mol. The molecular formula is C24H30ClFN6O5. The Bertz CT molecular complexity index is 1310. The van der Waals surface area contributed by atoms with Crippen LogP contribution in [-0.2, 0) is 16.1 Å². The smallest absolute Gasteiger partial charge is 0.414 e. The van der Waals surface area contributed by atoms with Gasteiger partial charge in [0.15, 0.2) is 16.5 Å². The van der Waals surface area contributed by atoms with Crippen LogP contribution in [0.4, 0.5) is 20.6 Å². The zero-order valence-electron chi connectivity index (χ0n) is 21.5. The summed E-state index contributed by atoms with van der Waals surface area (Å²) in [5.74, 6) is -0.767. The van der Waals surface area contributed by atoms with E-state index in [0.29, 0.717) is 11.4 Å². The molecule has 0 aliphatic rings. The highest BCUT2D eigenvalue weighted by Crippen LogP contribution is 2.26. The van der Waals surface area contributed by atoms with Crippen molar-refractivity contribution in [2.45, 2.75) is 45.9 Å². The molecule has 3 rings (SSSR count). The van der Waals surface area contributed by atoms with Crippen LogP contribution in [0, 0.1) is 5.82 Å².